The summed E-state index contributed by atoms with van der Waals surface area (Å²) in [5, 5.41) is 2.85. The van der Waals surface area contributed by atoms with E-state index in [-0.39, 0.29) is 11.8 Å². The highest BCUT2D eigenvalue weighted by molar-refractivity contribution is 5.92. The van der Waals surface area contributed by atoms with Gasteiger partial charge in [0.05, 0.1) is 0 Å². The van der Waals surface area contributed by atoms with Gasteiger partial charge in [-0.3, -0.25) is 9.59 Å². The van der Waals surface area contributed by atoms with Gasteiger partial charge < -0.3 is 15.1 Å². The van der Waals surface area contributed by atoms with Gasteiger partial charge in [-0.15, -0.1) is 0 Å². The average molecular weight is 363 g/mol. The van der Waals surface area contributed by atoms with Crippen molar-refractivity contribution >= 4 is 29.3 Å². The second-order valence-electron chi connectivity index (χ2n) is 6.50. The van der Waals surface area contributed by atoms with Crippen molar-refractivity contribution in [3.63, 3.8) is 0 Å². The molecule has 1 aliphatic rings. The highest BCUT2D eigenvalue weighted by Gasteiger charge is 2.19. The lowest BCUT2D eigenvalue weighted by Crippen LogP contribution is -2.48. The van der Waals surface area contributed by atoms with E-state index < -0.39 is 0 Å². The maximum atomic E-state index is 12.4. The van der Waals surface area contributed by atoms with Crippen molar-refractivity contribution in [1.29, 1.82) is 0 Å². The van der Waals surface area contributed by atoms with Crippen LogP contribution in [0.1, 0.15) is 18.9 Å². The molecule has 2 amide bonds. The first kappa shape index (κ1) is 18.7. The van der Waals surface area contributed by atoms with Gasteiger partial charge in [0.15, 0.2) is 0 Å². The Morgan fingerprint density at radius 3 is 2.26 bits per heavy atom. The summed E-state index contributed by atoms with van der Waals surface area (Å²) < 4.78 is 0. The number of hydrogen-bond donors (Lipinski definition) is 1. The van der Waals surface area contributed by atoms with Gasteiger partial charge in [-0.2, -0.15) is 0 Å². The lowest BCUT2D eigenvalue weighted by atomic mass is 10.2. The topological polar surface area (TPSA) is 52.7 Å². The monoisotopic (exact) mass is 363 g/mol. The molecule has 5 nitrogen and oxygen atoms in total. The van der Waals surface area contributed by atoms with E-state index in [0.717, 1.165) is 30.0 Å². The first-order valence-electron chi connectivity index (χ1n) is 9.32. The zero-order valence-electron chi connectivity index (χ0n) is 15.6. The summed E-state index contributed by atoms with van der Waals surface area (Å²) in [6, 6.07) is 17.7. The predicted molar refractivity (Wildman–Crippen MR) is 110 cm³/mol. The number of benzene rings is 2. The van der Waals surface area contributed by atoms with Gasteiger partial charge in [-0.1, -0.05) is 37.3 Å². The zero-order chi connectivity index (χ0) is 19.1. The molecular weight excluding hydrogens is 338 g/mol. The predicted octanol–water partition coefficient (Wildman–Crippen LogP) is 3.40. The summed E-state index contributed by atoms with van der Waals surface area (Å²) in [5.41, 5.74) is 2.95. The Morgan fingerprint density at radius 2 is 1.63 bits per heavy atom. The molecule has 0 radical (unpaired) electrons. The minimum atomic E-state index is 0.0124. The number of hydrogen-bond acceptors (Lipinski definition) is 3. The minimum Gasteiger partial charge on any atom is -0.368 e. The molecular formula is C22H25N3O2. The number of anilines is 2. The molecule has 1 fully saturated rings. The molecule has 1 aliphatic heterocycles. The van der Waals surface area contributed by atoms with Crippen molar-refractivity contribution in [2.24, 2.45) is 0 Å². The molecule has 1 heterocycles. The maximum Gasteiger partial charge on any atom is 0.246 e. The normalized spacial score (nSPS) is 14.4. The SMILES string of the molecule is CCC(=O)Nc1ccc(N2CCN(C(=O)/C=C/c3ccccc3)CC2)cc1. The van der Waals surface area contributed by atoms with E-state index >= 15 is 0 Å². The molecule has 0 aliphatic carbocycles. The number of nitrogens with one attached hydrogen (secondary N) is 1. The number of carbonyl (C=O) groups is 2. The Bertz CT molecular complexity index is 792. The van der Waals surface area contributed by atoms with Crippen LogP contribution >= 0.6 is 0 Å². The Kier molecular flexibility index (Phi) is 6.26. The van der Waals surface area contributed by atoms with E-state index in [1.54, 1.807) is 6.08 Å². The van der Waals surface area contributed by atoms with E-state index in [2.05, 4.69) is 10.2 Å². The van der Waals surface area contributed by atoms with Crippen LogP contribution in [0.15, 0.2) is 60.7 Å². The smallest absolute Gasteiger partial charge is 0.246 e. The molecule has 140 valence electrons. The second kappa shape index (κ2) is 9.03. The molecule has 27 heavy (non-hydrogen) atoms. The second-order valence-corrected chi connectivity index (χ2v) is 6.50. The standard InChI is InChI=1S/C22H25N3O2/c1-2-21(26)23-19-9-11-20(12-10-19)24-14-16-25(17-15-24)22(27)13-8-18-6-4-3-5-7-18/h3-13H,2,14-17H2,1H3,(H,23,26)/b13-8+. The van der Waals surface area contributed by atoms with Gasteiger partial charge in [0.25, 0.3) is 0 Å². The first-order chi connectivity index (χ1) is 13.2. The molecule has 5 heteroatoms. The van der Waals surface area contributed by atoms with Gasteiger partial charge in [0.2, 0.25) is 11.8 Å². The Hall–Kier alpha value is -3.08. The molecule has 0 aromatic heterocycles. The summed E-state index contributed by atoms with van der Waals surface area (Å²) in [7, 11) is 0. The fraction of sp³-hybridized carbons (Fsp3) is 0.273. The number of nitrogens with zero attached hydrogens (tertiary/aromatic N) is 2. The number of amides is 2. The molecule has 3 rings (SSSR count). The van der Waals surface area contributed by atoms with Crippen molar-refractivity contribution < 1.29 is 9.59 Å². The van der Waals surface area contributed by atoms with Crippen molar-refractivity contribution in [2.75, 3.05) is 36.4 Å². The minimum absolute atomic E-state index is 0.0124. The van der Waals surface area contributed by atoms with Gasteiger partial charge in [-0.05, 0) is 35.9 Å². The zero-order valence-corrected chi connectivity index (χ0v) is 15.6. The molecule has 0 bridgehead atoms. The van der Waals surface area contributed by atoms with Crippen molar-refractivity contribution in [3.05, 3.63) is 66.2 Å². The van der Waals surface area contributed by atoms with Gasteiger partial charge in [0.1, 0.15) is 0 Å². The van der Waals surface area contributed by atoms with E-state index in [1.807, 2.05) is 72.5 Å². The Labute approximate surface area is 160 Å². The number of rotatable bonds is 5. The lowest BCUT2D eigenvalue weighted by Gasteiger charge is -2.35. The largest absolute Gasteiger partial charge is 0.368 e. The number of piperazine rings is 1. The summed E-state index contributed by atoms with van der Waals surface area (Å²) in [4.78, 5) is 28.0. The van der Waals surface area contributed by atoms with Crippen molar-refractivity contribution in [3.8, 4) is 0 Å². The van der Waals surface area contributed by atoms with E-state index in [4.69, 9.17) is 0 Å². The number of carbonyl (C=O) groups excluding carboxylic acids is 2. The molecule has 1 N–H and O–H groups in total. The molecule has 2 aromatic carbocycles. The molecule has 0 atom stereocenters. The molecule has 0 spiro atoms. The summed E-state index contributed by atoms with van der Waals surface area (Å²) in [6.07, 6.45) is 3.98. The van der Waals surface area contributed by atoms with Crippen LogP contribution in [0, 0.1) is 0 Å². The van der Waals surface area contributed by atoms with Crippen LogP contribution in [-0.2, 0) is 9.59 Å². The summed E-state index contributed by atoms with van der Waals surface area (Å²) in [6.45, 7) is 4.83. The van der Waals surface area contributed by atoms with Gasteiger partial charge >= 0.3 is 0 Å². The highest BCUT2D eigenvalue weighted by atomic mass is 16.2. The first-order valence-corrected chi connectivity index (χ1v) is 9.32. The molecule has 0 unspecified atom stereocenters. The third kappa shape index (κ3) is 5.20. The van der Waals surface area contributed by atoms with Crippen LogP contribution in [-0.4, -0.2) is 42.9 Å². The summed E-state index contributed by atoms with van der Waals surface area (Å²) >= 11 is 0. The van der Waals surface area contributed by atoms with E-state index in [9.17, 15) is 9.59 Å². The third-order valence-corrected chi connectivity index (χ3v) is 4.65. The van der Waals surface area contributed by atoms with E-state index in [1.165, 1.54) is 0 Å². The molecule has 1 saturated heterocycles. The average Bonchev–Trinajstić information content (AvgIpc) is 2.73. The van der Waals surface area contributed by atoms with Gasteiger partial charge in [0, 0.05) is 50.1 Å². The van der Waals surface area contributed by atoms with Crippen LogP contribution in [0.25, 0.3) is 6.08 Å². The highest BCUT2D eigenvalue weighted by Crippen LogP contribution is 2.20. The van der Waals surface area contributed by atoms with Crippen LogP contribution in [0.3, 0.4) is 0 Å². The fourth-order valence-electron chi connectivity index (χ4n) is 3.03. The van der Waals surface area contributed by atoms with Crippen LogP contribution in [0.4, 0.5) is 11.4 Å². The van der Waals surface area contributed by atoms with Crippen molar-refractivity contribution in [2.45, 2.75) is 13.3 Å². The van der Waals surface area contributed by atoms with Crippen LogP contribution < -0.4 is 10.2 Å². The summed E-state index contributed by atoms with van der Waals surface area (Å²) in [5.74, 6) is 0.0644. The van der Waals surface area contributed by atoms with Crippen LogP contribution in [0.5, 0.6) is 0 Å². The van der Waals surface area contributed by atoms with Crippen LogP contribution in [0.2, 0.25) is 0 Å². The molecule has 2 aromatic rings. The quantitative estimate of drug-likeness (QED) is 0.829. The Balaban J connectivity index is 1.51. The maximum absolute atomic E-state index is 12.4. The van der Waals surface area contributed by atoms with Gasteiger partial charge in [-0.25, -0.2) is 0 Å². The fourth-order valence-corrected chi connectivity index (χ4v) is 3.03. The Morgan fingerprint density at radius 1 is 0.963 bits per heavy atom. The van der Waals surface area contributed by atoms with Crippen molar-refractivity contribution in [1.82, 2.24) is 4.90 Å². The lowest BCUT2D eigenvalue weighted by molar-refractivity contribution is -0.126. The third-order valence-electron chi connectivity index (χ3n) is 4.65. The van der Waals surface area contributed by atoms with E-state index in [0.29, 0.717) is 19.5 Å². The molecule has 0 saturated carbocycles.